The summed E-state index contributed by atoms with van der Waals surface area (Å²) in [6.45, 7) is 2.48. The molecule has 5 rings (SSSR count). The van der Waals surface area contributed by atoms with Gasteiger partial charge in [0.15, 0.2) is 0 Å². The van der Waals surface area contributed by atoms with Crippen LogP contribution in [0.2, 0.25) is 0 Å². The topological polar surface area (TPSA) is 120 Å². The minimum absolute atomic E-state index is 0.00749. The number of aliphatic hydroxyl groups is 3. The van der Waals surface area contributed by atoms with Crippen LogP contribution in [0, 0.1) is 28.6 Å². The number of nitrogens with zero attached hydrogens (tertiary/aromatic N) is 1. The molecule has 1 aliphatic heterocycles. The second-order valence-corrected chi connectivity index (χ2v) is 10.8. The summed E-state index contributed by atoms with van der Waals surface area (Å²) in [7, 11) is 0. The fraction of sp³-hybridized carbons (Fsp3) is 0.826. The average Bonchev–Trinajstić information content (AvgIpc) is 3.23. The first kappa shape index (κ1) is 20.5. The van der Waals surface area contributed by atoms with E-state index in [1.54, 1.807) is 6.08 Å². The van der Waals surface area contributed by atoms with Gasteiger partial charge in [-0.05, 0) is 74.7 Å². The van der Waals surface area contributed by atoms with Crippen molar-refractivity contribution in [2.45, 2.75) is 82.0 Å². The summed E-state index contributed by atoms with van der Waals surface area (Å²) in [6, 6.07) is 0. The van der Waals surface area contributed by atoms with Gasteiger partial charge in [0.1, 0.15) is 6.61 Å². The van der Waals surface area contributed by atoms with Crippen LogP contribution in [0.15, 0.2) is 16.8 Å². The molecular weight excluding hydrogens is 386 g/mol. The van der Waals surface area contributed by atoms with Crippen LogP contribution in [0.5, 0.6) is 0 Å². The standard InChI is InChI=1S/C23H33NO6/c1-20-6-3-17-18(23(20,28)9-5-16(20)14-10-19(26)30-12-14)4-8-22(27)11-15(25)2-7-21(17,22)13-24-29/h10,13,15-18,25,27-29H,2-9,11-12H2,1H3/b24-13+/t15-,16+,17-,18+,20+,21-,22-,23-/m1/s1. The van der Waals surface area contributed by atoms with Crippen LogP contribution in [-0.2, 0) is 9.53 Å². The maximum Gasteiger partial charge on any atom is 0.331 e. The Morgan fingerprint density at radius 2 is 1.87 bits per heavy atom. The lowest BCUT2D eigenvalue weighted by Gasteiger charge is -2.65. The van der Waals surface area contributed by atoms with E-state index in [0.29, 0.717) is 38.7 Å². The zero-order valence-electron chi connectivity index (χ0n) is 17.6. The molecule has 0 aromatic rings. The van der Waals surface area contributed by atoms with E-state index in [2.05, 4.69) is 12.1 Å². The zero-order valence-corrected chi connectivity index (χ0v) is 17.6. The monoisotopic (exact) mass is 419 g/mol. The minimum atomic E-state index is -1.12. The van der Waals surface area contributed by atoms with E-state index in [4.69, 9.17) is 4.74 Å². The fourth-order valence-electron chi connectivity index (χ4n) is 8.46. The molecule has 4 fully saturated rings. The van der Waals surface area contributed by atoms with Crippen LogP contribution in [-0.4, -0.2) is 56.6 Å². The van der Waals surface area contributed by atoms with Crippen molar-refractivity contribution in [2.24, 2.45) is 33.7 Å². The highest BCUT2D eigenvalue weighted by Crippen LogP contribution is 2.70. The maximum atomic E-state index is 12.2. The summed E-state index contributed by atoms with van der Waals surface area (Å²) in [6.07, 6.45) is 8.20. The molecule has 7 nitrogen and oxygen atoms in total. The van der Waals surface area contributed by atoms with Gasteiger partial charge >= 0.3 is 5.97 Å². The molecule has 7 heteroatoms. The van der Waals surface area contributed by atoms with Crippen molar-refractivity contribution in [3.05, 3.63) is 11.6 Å². The smallest absolute Gasteiger partial charge is 0.331 e. The Bertz CT molecular complexity index is 812. The van der Waals surface area contributed by atoms with E-state index in [1.165, 1.54) is 6.21 Å². The van der Waals surface area contributed by atoms with Gasteiger partial charge in [-0.3, -0.25) is 0 Å². The quantitative estimate of drug-likeness (QED) is 0.236. The van der Waals surface area contributed by atoms with Crippen molar-refractivity contribution in [2.75, 3.05) is 6.61 Å². The van der Waals surface area contributed by atoms with E-state index in [9.17, 15) is 25.3 Å². The molecule has 1 heterocycles. The van der Waals surface area contributed by atoms with Crippen LogP contribution in [0.25, 0.3) is 0 Å². The Hall–Kier alpha value is -1.44. The molecule has 0 saturated heterocycles. The molecule has 30 heavy (non-hydrogen) atoms. The van der Waals surface area contributed by atoms with Crippen LogP contribution in [0.3, 0.4) is 0 Å². The molecule has 4 saturated carbocycles. The highest BCUT2D eigenvalue weighted by Gasteiger charge is 2.71. The molecule has 166 valence electrons. The summed E-state index contributed by atoms with van der Waals surface area (Å²) in [5, 5.41) is 47.0. The Balaban J connectivity index is 1.53. The number of fused-ring (bicyclic) bond motifs is 5. The van der Waals surface area contributed by atoms with Gasteiger partial charge in [-0.2, -0.15) is 0 Å². The lowest BCUT2D eigenvalue weighted by atomic mass is 9.41. The van der Waals surface area contributed by atoms with Crippen LogP contribution < -0.4 is 0 Å². The summed E-state index contributed by atoms with van der Waals surface area (Å²) in [4.78, 5) is 11.7. The van der Waals surface area contributed by atoms with Gasteiger partial charge < -0.3 is 25.3 Å². The second kappa shape index (κ2) is 6.53. The molecule has 4 N–H and O–H groups in total. The first-order valence-electron chi connectivity index (χ1n) is 11.4. The van der Waals surface area contributed by atoms with Crippen LogP contribution >= 0.6 is 0 Å². The molecule has 0 aromatic carbocycles. The largest absolute Gasteiger partial charge is 0.458 e. The van der Waals surface area contributed by atoms with Gasteiger partial charge in [0.25, 0.3) is 0 Å². The van der Waals surface area contributed by atoms with Crippen molar-refractivity contribution in [3.63, 3.8) is 0 Å². The summed E-state index contributed by atoms with van der Waals surface area (Å²) in [5.74, 6) is -0.203. The number of ether oxygens (including phenoxy) is 1. The third-order valence-electron chi connectivity index (χ3n) is 9.93. The van der Waals surface area contributed by atoms with Crippen molar-refractivity contribution in [1.29, 1.82) is 0 Å². The van der Waals surface area contributed by atoms with Gasteiger partial charge in [0, 0.05) is 23.3 Å². The minimum Gasteiger partial charge on any atom is -0.458 e. The van der Waals surface area contributed by atoms with Crippen molar-refractivity contribution < 1.29 is 30.1 Å². The number of cyclic esters (lactones) is 1. The maximum absolute atomic E-state index is 12.2. The summed E-state index contributed by atoms with van der Waals surface area (Å²) < 4.78 is 5.17. The van der Waals surface area contributed by atoms with Gasteiger partial charge in [-0.25, -0.2) is 4.79 Å². The predicted molar refractivity (Wildman–Crippen MR) is 108 cm³/mol. The number of carbonyl (C=O) groups excluding carboxylic acids is 1. The molecule has 4 aliphatic carbocycles. The van der Waals surface area contributed by atoms with Gasteiger partial charge in [-0.1, -0.05) is 6.92 Å². The molecule has 5 aliphatic rings. The van der Waals surface area contributed by atoms with Crippen molar-refractivity contribution >= 4 is 12.2 Å². The van der Waals surface area contributed by atoms with Gasteiger partial charge in [-0.15, -0.1) is 5.16 Å². The van der Waals surface area contributed by atoms with Gasteiger partial charge in [0.2, 0.25) is 0 Å². The van der Waals surface area contributed by atoms with Crippen molar-refractivity contribution in [3.8, 4) is 0 Å². The Morgan fingerprint density at radius 3 is 2.57 bits per heavy atom. The summed E-state index contributed by atoms with van der Waals surface area (Å²) in [5.41, 5.74) is -2.11. The lowest BCUT2D eigenvalue weighted by molar-refractivity contribution is -0.237. The number of esters is 1. The SMILES string of the molecule is C[C@@]12CC[C@@H]3[C@H](CC[C@@]4(O)C[C@H](O)CC[C@@]34/C=N/O)[C@]1(O)CC[C@H]2C1=CC(=O)OC1. The zero-order chi connectivity index (χ0) is 21.4. The first-order chi connectivity index (χ1) is 14.2. The van der Waals surface area contributed by atoms with E-state index in [-0.39, 0.29) is 35.6 Å². The van der Waals surface area contributed by atoms with Crippen LogP contribution in [0.4, 0.5) is 0 Å². The van der Waals surface area contributed by atoms with E-state index >= 15 is 0 Å². The normalized spacial score (nSPS) is 53.1. The molecule has 0 spiro atoms. The summed E-state index contributed by atoms with van der Waals surface area (Å²) >= 11 is 0. The van der Waals surface area contributed by atoms with Gasteiger partial charge in [0.05, 0.1) is 23.5 Å². The molecule has 0 bridgehead atoms. The number of carbonyl (C=O) groups is 1. The van der Waals surface area contributed by atoms with Crippen molar-refractivity contribution in [1.82, 2.24) is 0 Å². The molecular formula is C23H33NO6. The molecule has 0 unspecified atom stereocenters. The lowest BCUT2D eigenvalue weighted by Crippen LogP contribution is -2.68. The number of oxime groups is 1. The molecule has 0 radical (unpaired) electrons. The predicted octanol–water partition coefficient (Wildman–Crippen LogP) is 2.16. The van der Waals surface area contributed by atoms with Crippen LogP contribution in [0.1, 0.15) is 64.7 Å². The van der Waals surface area contributed by atoms with E-state index in [0.717, 1.165) is 24.8 Å². The average molecular weight is 420 g/mol. The molecule has 0 amide bonds. The third-order valence-corrected chi connectivity index (χ3v) is 9.93. The number of aliphatic hydroxyl groups excluding tert-OH is 1. The van der Waals surface area contributed by atoms with E-state index in [1.807, 2.05) is 0 Å². The molecule has 8 atom stereocenters. The Morgan fingerprint density at radius 1 is 1.10 bits per heavy atom. The Kier molecular flexibility index (Phi) is 4.45. The highest BCUT2D eigenvalue weighted by atomic mass is 16.5. The highest BCUT2D eigenvalue weighted by molar-refractivity contribution is 5.85. The molecule has 0 aromatic heterocycles. The third kappa shape index (κ3) is 2.43. The fourth-order valence-corrected chi connectivity index (χ4v) is 8.46. The van der Waals surface area contributed by atoms with E-state index < -0.39 is 22.7 Å². The number of hydrogen-bond donors (Lipinski definition) is 4. The Labute approximate surface area is 176 Å². The number of rotatable bonds is 2. The number of hydrogen-bond acceptors (Lipinski definition) is 7. The second-order valence-electron chi connectivity index (χ2n) is 10.8. The first-order valence-corrected chi connectivity index (χ1v) is 11.4.